The number of halogens is 1. The summed E-state index contributed by atoms with van der Waals surface area (Å²) in [6, 6.07) is 67.3. The van der Waals surface area contributed by atoms with Crippen LogP contribution in [0.15, 0.2) is 241 Å². The molecule has 76 heavy (non-hydrogen) atoms. The molecule has 0 bridgehead atoms. The van der Waals surface area contributed by atoms with Crippen molar-refractivity contribution in [2.75, 3.05) is 0 Å². The van der Waals surface area contributed by atoms with Gasteiger partial charge in [0.2, 0.25) is 11.2 Å². The normalized spacial score (nSPS) is 16.5. The second-order valence-electron chi connectivity index (χ2n) is 20.1. The van der Waals surface area contributed by atoms with Gasteiger partial charge in [-0.25, -0.2) is 15.0 Å². The molecule has 2 atom stereocenters. The Hall–Kier alpha value is -9.36. The van der Waals surface area contributed by atoms with Crippen molar-refractivity contribution in [1.82, 2.24) is 19.9 Å². The molecule has 10 aromatic carbocycles. The van der Waals surface area contributed by atoms with Gasteiger partial charge in [0.25, 0.3) is 0 Å². The maximum absolute atomic E-state index is 6.97. The van der Waals surface area contributed by atoms with Crippen LogP contribution < -0.4 is 5.32 Å². The zero-order valence-corrected chi connectivity index (χ0v) is 42.0. The van der Waals surface area contributed by atoms with Gasteiger partial charge in [-0.2, -0.15) is 0 Å². The number of benzene rings is 10. The number of allylic oxidation sites excluding steroid dienone is 4. The lowest BCUT2D eigenvalue weighted by atomic mass is 9.76. The van der Waals surface area contributed by atoms with E-state index in [2.05, 4.69) is 211 Å². The van der Waals surface area contributed by atoms with Gasteiger partial charge in [0.15, 0.2) is 0 Å². The van der Waals surface area contributed by atoms with Gasteiger partial charge >= 0.3 is 0 Å². The van der Waals surface area contributed by atoms with Crippen LogP contribution in [0.5, 0.6) is 0 Å². The van der Waals surface area contributed by atoms with E-state index in [9.17, 15) is 0 Å². The molecular weight excluding hydrogens is 950 g/mol. The second kappa shape index (κ2) is 17.4. The molecule has 1 unspecified atom stereocenters. The Morgan fingerprint density at radius 2 is 1.32 bits per heavy atom. The lowest BCUT2D eigenvalue weighted by Gasteiger charge is -2.34. The van der Waals surface area contributed by atoms with Gasteiger partial charge < -0.3 is 9.73 Å². The molecule has 1 aliphatic heterocycles. The van der Waals surface area contributed by atoms with Gasteiger partial charge in [-0.1, -0.05) is 213 Å². The van der Waals surface area contributed by atoms with Crippen LogP contribution in [-0.4, -0.2) is 26.5 Å². The third-order valence-corrected chi connectivity index (χ3v) is 16.0. The summed E-state index contributed by atoms with van der Waals surface area (Å²) in [5.74, 6) is 0.789. The van der Waals surface area contributed by atoms with Crippen molar-refractivity contribution in [2.24, 2.45) is 4.99 Å². The van der Waals surface area contributed by atoms with Crippen molar-refractivity contribution < 1.29 is 4.42 Å². The highest BCUT2D eigenvalue weighted by Crippen LogP contribution is 2.47. The van der Waals surface area contributed by atoms with Crippen LogP contribution >= 0.6 is 11.6 Å². The smallest absolute Gasteiger partial charge is 0.223 e. The molecule has 4 heterocycles. The van der Waals surface area contributed by atoms with Gasteiger partial charge in [0.05, 0.1) is 28.3 Å². The Morgan fingerprint density at radius 1 is 0.618 bits per heavy atom. The number of nitrogens with one attached hydrogen (secondary N) is 1. The molecule has 0 fully saturated rings. The van der Waals surface area contributed by atoms with Crippen molar-refractivity contribution in [1.29, 1.82) is 0 Å². The minimum atomic E-state index is -0.621. The first-order chi connectivity index (χ1) is 37.5. The van der Waals surface area contributed by atoms with Crippen LogP contribution in [0, 0.1) is 0 Å². The minimum absolute atomic E-state index is 0.173. The highest BCUT2D eigenvalue weighted by atomic mass is 35.5. The topological polar surface area (TPSA) is 68.2 Å². The monoisotopic (exact) mass is 995 g/mol. The fourth-order valence-electron chi connectivity index (χ4n) is 12.4. The zero-order valence-electron chi connectivity index (χ0n) is 41.2. The number of aliphatic imine (C=N–C) groups is 1. The maximum Gasteiger partial charge on any atom is 0.223 e. The summed E-state index contributed by atoms with van der Waals surface area (Å²) in [4.78, 5) is 15.5. The number of hydrogen-bond donors (Lipinski definition) is 1. The zero-order chi connectivity index (χ0) is 50.5. The highest BCUT2D eigenvalue weighted by molar-refractivity contribution is 6.29. The first-order valence-corrected chi connectivity index (χ1v) is 26.2. The number of nitrogens with zero attached hydrogens (tertiary/aromatic N) is 4. The van der Waals surface area contributed by atoms with Crippen molar-refractivity contribution in [3.63, 3.8) is 0 Å². The van der Waals surface area contributed by atoms with Crippen LogP contribution in [-0.2, 0) is 12.0 Å². The summed E-state index contributed by atoms with van der Waals surface area (Å²) in [5, 5.41) is 16.5. The molecule has 0 saturated carbocycles. The van der Waals surface area contributed by atoms with Crippen LogP contribution in [0.3, 0.4) is 0 Å². The van der Waals surface area contributed by atoms with Gasteiger partial charge in [-0.05, 0) is 92.5 Å². The maximum atomic E-state index is 6.97. The Kier molecular flexibility index (Phi) is 10.1. The summed E-state index contributed by atoms with van der Waals surface area (Å²) in [6.45, 7) is 3.93. The summed E-state index contributed by atoms with van der Waals surface area (Å²) >= 11 is 6.69. The standard InChI is InChI=1S/C69H46ClN5O/c1-2-3-4-8-27-60-69(38-15-20-47-17-10-12-26-58(47)69)74-68(71-60)75-64-50(22-13-23-51(64)53-24-14-25-54-61-49-21-11-9-16-44(49)34-37-59(61)76-66(53)54)52-35-32-46-31-29-43(41-57(46)65(52)75)39-42-28-30-45-33-36-55-62(48-18-6-5-7-19-48)72-67(70)73-63(55)56(45)40-42/h2-37,40-41,60H,1,38-39H2,(H,71,74)/b4-3-,27-8-/t60?,69-/m0/s1. The molecule has 15 rings (SSSR count). The third-order valence-electron chi connectivity index (χ3n) is 15.8. The molecule has 0 radical (unpaired) electrons. The molecule has 360 valence electrons. The van der Waals surface area contributed by atoms with Gasteiger partial charge in [-0.15, -0.1) is 0 Å². The van der Waals surface area contributed by atoms with Crippen molar-refractivity contribution in [3.05, 3.63) is 259 Å². The van der Waals surface area contributed by atoms with Gasteiger partial charge in [-0.3, -0.25) is 4.57 Å². The van der Waals surface area contributed by atoms with Crippen LogP contribution in [0.2, 0.25) is 5.28 Å². The van der Waals surface area contributed by atoms with E-state index in [1.165, 1.54) is 33.0 Å². The summed E-state index contributed by atoms with van der Waals surface area (Å²) in [5.41, 5.74) is 12.7. The molecule has 2 aliphatic rings. The summed E-state index contributed by atoms with van der Waals surface area (Å²) in [6.07, 6.45) is 16.1. The van der Waals surface area contributed by atoms with E-state index in [1.807, 2.05) is 30.4 Å². The number of hydrogen-bond acceptors (Lipinski definition) is 5. The van der Waals surface area contributed by atoms with E-state index < -0.39 is 5.54 Å². The molecule has 1 aliphatic carbocycles. The number of rotatable bonds is 7. The lowest BCUT2D eigenvalue weighted by molar-refractivity contribution is 0.410. The average molecular weight is 997 g/mol. The number of fused-ring (bicyclic) bond motifs is 15. The largest absolute Gasteiger partial charge is 0.455 e. The van der Waals surface area contributed by atoms with Crippen LogP contribution in [0.4, 0.5) is 0 Å². The molecular formula is C69H46ClN5O. The molecule has 3 aromatic heterocycles. The average Bonchev–Trinajstić information content (AvgIpc) is 4.28. The second-order valence-corrected chi connectivity index (χ2v) is 20.4. The quantitative estimate of drug-likeness (QED) is 0.0981. The van der Waals surface area contributed by atoms with E-state index >= 15 is 0 Å². The van der Waals surface area contributed by atoms with E-state index in [0.717, 1.165) is 111 Å². The Balaban J connectivity index is 0.966. The summed E-state index contributed by atoms with van der Waals surface area (Å²) < 4.78 is 9.40. The predicted octanol–water partition coefficient (Wildman–Crippen LogP) is 17.5. The first-order valence-electron chi connectivity index (χ1n) is 25.9. The Labute approximate surface area is 442 Å². The highest BCUT2D eigenvalue weighted by Gasteiger charge is 2.46. The molecule has 6 nitrogen and oxygen atoms in total. The Bertz CT molecular complexity index is 4730. The van der Waals surface area contributed by atoms with Crippen LogP contribution in [0.1, 0.15) is 28.7 Å². The molecule has 0 amide bonds. The molecule has 0 saturated heterocycles. The third kappa shape index (κ3) is 6.84. The van der Waals surface area contributed by atoms with Crippen molar-refractivity contribution >= 4 is 111 Å². The van der Waals surface area contributed by atoms with Crippen molar-refractivity contribution in [3.8, 4) is 22.4 Å². The van der Waals surface area contributed by atoms with Gasteiger partial charge in [0, 0.05) is 54.4 Å². The molecule has 13 aromatic rings. The molecule has 1 spiro atoms. The molecule has 7 heteroatoms. The summed E-state index contributed by atoms with van der Waals surface area (Å²) in [7, 11) is 0. The SMILES string of the molecule is C=C/C=C\C=C/C1NC(n2c3c(-c4cccc5c4oc4ccc6ccccc6c45)cccc3c3ccc4ccc(Cc5ccc6ccc7c(-c8ccccc8)nc(Cl)nc7c6c5)cc4c32)=N[C@]12CC=Cc1ccccc12. The van der Waals surface area contributed by atoms with E-state index in [4.69, 9.17) is 31.0 Å². The van der Waals surface area contributed by atoms with E-state index in [1.54, 1.807) is 6.08 Å². The Morgan fingerprint density at radius 3 is 2.18 bits per heavy atom. The lowest BCUT2D eigenvalue weighted by Crippen LogP contribution is -2.42. The molecule has 1 N–H and O–H groups in total. The number of furan rings is 1. The van der Waals surface area contributed by atoms with E-state index in [0.29, 0.717) is 6.42 Å². The number of aromatic nitrogens is 3. The predicted molar refractivity (Wildman–Crippen MR) is 317 cm³/mol. The fourth-order valence-corrected chi connectivity index (χ4v) is 12.6. The van der Waals surface area contributed by atoms with Crippen LogP contribution in [0.25, 0.3) is 115 Å². The van der Waals surface area contributed by atoms with Gasteiger partial charge in [0.1, 0.15) is 16.7 Å². The first kappa shape index (κ1) is 44.2. The minimum Gasteiger partial charge on any atom is -0.455 e. The van der Waals surface area contributed by atoms with E-state index in [-0.39, 0.29) is 11.3 Å². The number of para-hydroxylation sites is 2. The van der Waals surface area contributed by atoms with Crippen molar-refractivity contribution in [2.45, 2.75) is 24.4 Å². The fraction of sp³-hybridized carbons (Fsp3) is 0.0580.